The highest BCUT2D eigenvalue weighted by atomic mass is 79.9. The van der Waals surface area contributed by atoms with Crippen molar-refractivity contribution >= 4 is 115 Å². The Hall–Kier alpha value is -1.92. The van der Waals surface area contributed by atoms with Gasteiger partial charge in [-0.05, 0) is 18.2 Å². The summed E-state index contributed by atoms with van der Waals surface area (Å²) in [6.45, 7) is -0.865. The number of para-hydroxylation sites is 1. The smallest absolute Gasteiger partial charge is 0.282 e. The number of benzene rings is 2. The van der Waals surface area contributed by atoms with E-state index in [9.17, 15) is 29.3 Å². The molecule has 0 unspecified atom stereocenters. The molecular formula is C24H12BrCl6N3O6. The molecule has 2 aliphatic carbocycles. The summed E-state index contributed by atoms with van der Waals surface area (Å²) in [6.07, 6.45) is 0. The molecule has 0 N–H and O–H groups in total. The van der Waals surface area contributed by atoms with Crippen LogP contribution in [-0.2, 0) is 9.59 Å². The van der Waals surface area contributed by atoms with Gasteiger partial charge >= 0.3 is 0 Å². The molecule has 0 aromatic heterocycles. The number of fused-ring (bicyclic) bond motifs is 5. The van der Waals surface area contributed by atoms with E-state index in [4.69, 9.17) is 69.6 Å². The average molecular weight is 731 g/mol. The standard InChI is InChI=1S/C24H12BrCl6N3O6/c25-11-7-5-10(6-8-11)14(35)9-32(19(36)12-3-1-2-4-13(12)34(39)40)33-20(37)15-16(21(33)38)23(29)18(27)17(26)22(15,28)24(23,30)31/h1-8,15-16H,9H2/t15-,16+,22-,23-/m1/s1. The Bertz CT molecular complexity index is 1520. The third kappa shape index (κ3) is 3.73. The van der Waals surface area contributed by atoms with Crippen molar-refractivity contribution in [3.63, 3.8) is 0 Å². The zero-order valence-electron chi connectivity index (χ0n) is 19.4. The first kappa shape index (κ1) is 29.6. The minimum Gasteiger partial charge on any atom is -0.292 e. The Morgan fingerprint density at radius 2 is 1.43 bits per heavy atom. The summed E-state index contributed by atoms with van der Waals surface area (Å²) in [5.41, 5.74) is -0.987. The van der Waals surface area contributed by atoms with Crippen LogP contribution in [0, 0.1) is 22.0 Å². The molecule has 0 radical (unpaired) electrons. The number of nitro groups is 1. The molecule has 2 bridgehead atoms. The fourth-order valence-electron chi connectivity index (χ4n) is 5.27. The van der Waals surface area contributed by atoms with E-state index in [2.05, 4.69) is 15.9 Å². The fraction of sp³-hybridized carbons (Fsp3) is 0.250. The largest absolute Gasteiger partial charge is 0.292 e. The Labute approximate surface area is 264 Å². The quantitative estimate of drug-likeness (QED) is 0.118. The molecule has 40 heavy (non-hydrogen) atoms. The molecule has 1 saturated carbocycles. The van der Waals surface area contributed by atoms with Crippen LogP contribution < -0.4 is 0 Å². The number of Topliss-reactive ketones (excluding diaryl/α,β-unsaturated/α-hetero) is 1. The summed E-state index contributed by atoms with van der Waals surface area (Å²) in [4.78, 5) is 61.4. The Morgan fingerprint density at radius 3 is 1.93 bits per heavy atom. The van der Waals surface area contributed by atoms with E-state index in [1.807, 2.05) is 0 Å². The third-order valence-electron chi connectivity index (χ3n) is 7.15. The van der Waals surface area contributed by atoms with Crippen molar-refractivity contribution in [1.82, 2.24) is 10.0 Å². The zero-order valence-corrected chi connectivity index (χ0v) is 25.5. The highest BCUT2D eigenvalue weighted by Gasteiger charge is 2.88. The number of hydrogen-bond donors (Lipinski definition) is 0. The highest BCUT2D eigenvalue weighted by molar-refractivity contribution is 9.10. The van der Waals surface area contributed by atoms with Gasteiger partial charge in [0.15, 0.2) is 10.1 Å². The van der Waals surface area contributed by atoms with Gasteiger partial charge in [-0.2, -0.15) is 5.01 Å². The lowest BCUT2D eigenvalue weighted by Gasteiger charge is -2.36. The van der Waals surface area contributed by atoms with E-state index in [0.717, 1.165) is 12.1 Å². The number of alkyl halides is 4. The van der Waals surface area contributed by atoms with E-state index in [1.165, 1.54) is 24.3 Å². The van der Waals surface area contributed by atoms with Crippen LogP contribution in [-0.4, -0.2) is 59.1 Å². The minimum atomic E-state index is -2.22. The second-order valence-electron chi connectivity index (χ2n) is 9.14. The molecule has 5 rings (SSSR count). The summed E-state index contributed by atoms with van der Waals surface area (Å²) < 4.78 is -1.55. The molecule has 1 saturated heterocycles. The first-order valence-corrected chi connectivity index (χ1v) is 14.2. The maximum absolute atomic E-state index is 13.9. The van der Waals surface area contributed by atoms with Crippen LogP contribution in [0.4, 0.5) is 5.69 Å². The molecule has 1 heterocycles. The van der Waals surface area contributed by atoms with Crippen LogP contribution in [0.2, 0.25) is 0 Å². The molecule has 208 valence electrons. The maximum atomic E-state index is 13.9. The zero-order chi connectivity index (χ0) is 29.5. The van der Waals surface area contributed by atoms with Gasteiger partial charge in [0.25, 0.3) is 23.4 Å². The molecule has 9 nitrogen and oxygen atoms in total. The summed E-state index contributed by atoms with van der Waals surface area (Å²) in [5.74, 6) is -7.26. The summed E-state index contributed by atoms with van der Waals surface area (Å²) in [5, 5.41) is 11.9. The molecule has 2 aromatic rings. The Balaban J connectivity index is 1.63. The second-order valence-corrected chi connectivity index (χ2v) is 13.3. The summed E-state index contributed by atoms with van der Waals surface area (Å²) in [6, 6.07) is 10.9. The SMILES string of the molecule is O=C(CN(C(=O)c1ccccc1[N+](=O)[O-])N1C(=O)[C@@H]2[C@H](C1=O)[C@@]1(Cl)C(Cl)=C(Cl)[C@@]2(Cl)C1(Cl)Cl)c1ccc(Br)cc1. The number of carbonyl (C=O) groups excluding carboxylic acids is 4. The summed E-state index contributed by atoms with van der Waals surface area (Å²) in [7, 11) is 0. The topological polar surface area (TPSA) is 118 Å². The number of allylic oxidation sites excluding steroid dienone is 2. The Kier molecular flexibility index (Phi) is 7.27. The number of nitrogens with zero attached hydrogens (tertiary/aromatic N) is 3. The Morgan fingerprint density at radius 1 is 0.925 bits per heavy atom. The van der Waals surface area contributed by atoms with Gasteiger partial charge in [0.2, 0.25) is 0 Å². The number of hydrogen-bond acceptors (Lipinski definition) is 6. The molecule has 3 amide bonds. The first-order valence-electron chi connectivity index (χ1n) is 11.2. The van der Waals surface area contributed by atoms with Crippen LogP contribution in [0.1, 0.15) is 20.7 Å². The van der Waals surface area contributed by atoms with Crippen LogP contribution in [0.3, 0.4) is 0 Å². The van der Waals surface area contributed by atoms with Gasteiger partial charge in [0.1, 0.15) is 21.9 Å². The van der Waals surface area contributed by atoms with E-state index < -0.39 is 72.1 Å². The van der Waals surface area contributed by atoms with Gasteiger partial charge in [-0.25, -0.2) is 5.01 Å². The maximum Gasteiger partial charge on any atom is 0.282 e. The van der Waals surface area contributed by atoms with Gasteiger partial charge in [-0.1, -0.05) is 86.6 Å². The molecule has 16 heteroatoms. The molecule has 1 aliphatic heterocycles. The normalized spacial score (nSPS) is 28.2. The highest BCUT2D eigenvalue weighted by Crippen LogP contribution is 2.77. The number of ketones is 1. The van der Waals surface area contributed by atoms with Gasteiger partial charge in [0.05, 0.1) is 26.8 Å². The number of halogens is 7. The number of carbonyl (C=O) groups is 4. The van der Waals surface area contributed by atoms with Crippen LogP contribution in [0.25, 0.3) is 0 Å². The van der Waals surface area contributed by atoms with Crippen LogP contribution >= 0.6 is 85.5 Å². The minimum absolute atomic E-state index is 0.124. The summed E-state index contributed by atoms with van der Waals surface area (Å²) >= 11 is 42.4. The second kappa shape index (κ2) is 9.83. The van der Waals surface area contributed by atoms with Crippen molar-refractivity contribution in [3.05, 3.63) is 84.3 Å². The predicted octanol–water partition coefficient (Wildman–Crippen LogP) is 6.04. The fourth-order valence-corrected chi connectivity index (χ4v) is 8.46. The van der Waals surface area contributed by atoms with Gasteiger partial charge in [-0.3, -0.25) is 29.3 Å². The first-order chi connectivity index (χ1) is 18.6. The van der Waals surface area contributed by atoms with Crippen molar-refractivity contribution in [2.24, 2.45) is 11.8 Å². The molecule has 2 aromatic carbocycles. The van der Waals surface area contributed by atoms with Crippen LogP contribution in [0.5, 0.6) is 0 Å². The van der Waals surface area contributed by atoms with Crippen molar-refractivity contribution in [1.29, 1.82) is 0 Å². The van der Waals surface area contributed by atoms with E-state index in [-0.39, 0.29) is 15.6 Å². The van der Waals surface area contributed by atoms with Gasteiger partial charge < -0.3 is 0 Å². The van der Waals surface area contributed by atoms with Crippen molar-refractivity contribution < 1.29 is 24.1 Å². The van der Waals surface area contributed by atoms with Crippen molar-refractivity contribution in [2.75, 3.05) is 6.54 Å². The van der Waals surface area contributed by atoms with Crippen LogP contribution in [0.15, 0.2) is 63.1 Å². The molecule has 0 spiro atoms. The lowest BCUT2D eigenvalue weighted by atomic mass is 9.84. The van der Waals surface area contributed by atoms with Gasteiger partial charge in [-0.15, -0.1) is 23.2 Å². The third-order valence-corrected chi connectivity index (χ3v) is 11.9. The molecule has 2 fully saturated rings. The number of rotatable bonds is 6. The van der Waals surface area contributed by atoms with Crippen molar-refractivity contribution in [2.45, 2.75) is 14.1 Å². The van der Waals surface area contributed by atoms with E-state index in [1.54, 1.807) is 12.1 Å². The molecular weight excluding hydrogens is 719 g/mol. The average Bonchev–Trinajstić information content (AvgIpc) is 3.30. The molecule has 3 aliphatic rings. The number of nitro benzene ring substituents is 1. The van der Waals surface area contributed by atoms with E-state index >= 15 is 0 Å². The predicted molar refractivity (Wildman–Crippen MR) is 152 cm³/mol. The monoisotopic (exact) mass is 727 g/mol. The number of amides is 3. The van der Waals surface area contributed by atoms with Crippen molar-refractivity contribution in [3.8, 4) is 0 Å². The number of hydrazine groups is 1. The lowest BCUT2D eigenvalue weighted by molar-refractivity contribution is -0.385. The lowest BCUT2D eigenvalue weighted by Crippen LogP contribution is -2.56. The molecule has 4 atom stereocenters. The number of imide groups is 1. The van der Waals surface area contributed by atoms with Gasteiger partial charge in [0, 0.05) is 16.1 Å². The van der Waals surface area contributed by atoms with E-state index in [0.29, 0.717) is 14.5 Å².